The van der Waals surface area contributed by atoms with Gasteiger partial charge < -0.3 is 20.5 Å². The number of benzene rings is 1. The molecule has 0 bridgehead atoms. The van der Waals surface area contributed by atoms with E-state index in [1.165, 1.54) is 0 Å². The van der Waals surface area contributed by atoms with Gasteiger partial charge in [-0.05, 0) is 31.9 Å². The molecule has 0 radical (unpaired) electrons. The summed E-state index contributed by atoms with van der Waals surface area (Å²) in [6, 6.07) is 5.24. The van der Waals surface area contributed by atoms with Gasteiger partial charge in [-0.2, -0.15) is 0 Å². The molecule has 21 heavy (non-hydrogen) atoms. The smallest absolute Gasteiger partial charge is 0.237 e. The molecule has 1 aliphatic heterocycles. The van der Waals surface area contributed by atoms with E-state index in [2.05, 4.69) is 5.32 Å². The SMILES string of the molecule is COc1ccc(NC(=O)C(C)SC2CCOCC2)c(N)c1. The standard InChI is InChI=1S/C15H22N2O3S/c1-10(21-12-5-7-20-8-6-12)15(18)17-14-4-3-11(19-2)9-13(14)16/h3-4,9-10,12H,5-8,16H2,1-2H3,(H,17,18). The van der Waals surface area contributed by atoms with Gasteiger partial charge in [-0.1, -0.05) is 0 Å². The van der Waals surface area contributed by atoms with Crippen molar-refractivity contribution >= 4 is 29.0 Å². The topological polar surface area (TPSA) is 73.6 Å². The second-order valence-electron chi connectivity index (χ2n) is 5.03. The fourth-order valence-corrected chi connectivity index (χ4v) is 3.40. The summed E-state index contributed by atoms with van der Waals surface area (Å²) in [6.45, 7) is 3.50. The average Bonchev–Trinajstić information content (AvgIpc) is 2.50. The summed E-state index contributed by atoms with van der Waals surface area (Å²) in [7, 11) is 1.58. The summed E-state index contributed by atoms with van der Waals surface area (Å²) in [6.07, 6.45) is 2.01. The van der Waals surface area contributed by atoms with Gasteiger partial charge in [-0.3, -0.25) is 4.79 Å². The van der Waals surface area contributed by atoms with Crippen LogP contribution in [0.5, 0.6) is 5.75 Å². The minimum absolute atomic E-state index is 0.0247. The van der Waals surface area contributed by atoms with Gasteiger partial charge in [0.1, 0.15) is 5.75 Å². The highest BCUT2D eigenvalue weighted by Crippen LogP contribution is 2.28. The molecule has 0 spiro atoms. The second-order valence-corrected chi connectivity index (χ2v) is 6.68. The van der Waals surface area contributed by atoms with Gasteiger partial charge in [0.15, 0.2) is 0 Å². The zero-order valence-corrected chi connectivity index (χ0v) is 13.2. The number of hydrogen-bond acceptors (Lipinski definition) is 5. The van der Waals surface area contributed by atoms with Crippen molar-refractivity contribution in [2.24, 2.45) is 0 Å². The predicted octanol–water partition coefficient (Wildman–Crippen LogP) is 2.52. The molecule has 1 heterocycles. The molecular formula is C15H22N2O3S. The third kappa shape index (κ3) is 4.54. The zero-order valence-electron chi connectivity index (χ0n) is 12.4. The zero-order chi connectivity index (χ0) is 15.2. The lowest BCUT2D eigenvalue weighted by Crippen LogP contribution is -2.27. The first-order valence-electron chi connectivity index (χ1n) is 7.07. The Morgan fingerprint density at radius 3 is 2.81 bits per heavy atom. The van der Waals surface area contributed by atoms with E-state index in [0.717, 1.165) is 26.1 Å². The molecule has 116 valence electrons. The molecule has 3 N–H and O–H groups in total. The number of methoxy groups -OCH3 is 1. The number of amides is 1. The monoisotopic (exact) mass is 310 g/mol. The summed E-state index contributed by atoms with van der Waals surface area (Å²) in [4.78, 5) is 12.2. The highest BCUT2D eigenvalue weighted by Gasteiger charge is 2.22. The summed E-state index contributed by atoms with van der Waals surface area (Å²) in [5.41, 5.74) is 7.04. The van der Waals surface area contributed by atoms with Crippen LogP contribution in [0, 0.1) is 0 Å². The third-order valence-corrected chi connectivity index (χ3v) is 4.93. The number of rotatable bonds is 5. The van der Waals surface area contributed by atoms with Crippen LogP contribution in [0.2, 0.25) is 0 Å². The highest BCUT2D eigenvalue weighted by atomic mass is 32.2. The number of nitrogens with two attached hydrogens (primary N) is 1. The summed E-state index contributed by atoms with van der Waals surface area (Å²) >= 11 is 1.70. The largest absolute Gasteiger partial charge is 0.497 e. The molecule has 0 aliphatic carbocycles. The molecule has 1 saturated heterocycles. The molecule has 1 fully saturated rings. The number of anilines is 2. The van der Waals surface area contributed by atoms with Gasteiger partial charge in [-0.25, -0.2) is 0 Å². The van der Waals surface area contributed by atoms with Crippen molar-refractivity contribution in [2.75, 3.05) is 31.4 Å². The Hall–Kier alpha value is -1.40. The maximum absolute atomic E-state index is 12.2. The average molecular weight is 310 g/mol. The summed E-state index contributed by atoms with van der Waals surface area (Å²) < 4.78 is 10.4. The van der Waals surface area contributed by atoms with Crippen molar-refractivity contribution in [1.82, 2.24) is 0 Å². The number of carbonyl (C=O) groups excluding carboxylic acids is 1. The molecule has 2 rings (SSSR count). The lowest BCUT2D eigenvalue weighted by atomic mass is 10.2. The van der Waals surface area contributed by atoms with Crippen LogP contribution < -0.4 is 15.8 Å². The molecular weight excluding hydrogens is 288 g/mol. The van der Waals surface area contributed by atoms with Crippen molar-refractivity contribution in [3.05, 3.63) is 18.2 Å². The van der Waals surface area contributed by atoms with Crippen molar-refractivity contribution in [2.45, 2.75) is 30.3 Å². The molecule has 6 heteroatoms. The first-order chi connectivity index (χ1) is 10.1. The van der Waals surface area contributed by atoms with Crippen LogP contribution in [0.4, 0.5) is 11.4 Å². The maximum Gasteiger partial charge on any atom is 0.237 e. The van der Waals surface area contributed by atoms with E-state index in [1.807, 2.05) is 6.92 Å². The molecule has 1 aromatic carbocycles. The van der Waals surface area contributed by atoms with Crippen LogP contribution >= 0.6 is 11.8 Å². The van der Waals surface area contributed by atoms with Gasteiger partial charge in [0.2, 0.25) is 5.91 Å². The Kier molecular flexibility index (Phi) is 5.76. The quantitative estimate of drug-likeness (QED) is 0.818. The van der Waals surface area contributed by atoms with Gasteiger partial charge in [0.05, 0.1) is 23.7 Å². The van der Waals surface area contributed by atoms with Gasteiger partial charge in [0.25, 0.3) is 0 Å². The number of nitrogens with one attached hydrogen (secondary N) is 1. The van der Waals surface area contributed by atoms with E-state index in [1.54, 1.807) is 37.1 Å². The molecule has 1 aromatic rings. The van der Waals surface area contributed by atoms with Gasteiger partial charge >= 0.3 is 0 Å². The Bertz CT molecular complexity index is 490. The van der Waals surface area contributed by atoms with Crippen LogP contribution in [0.25, 0.3) is 0 Å². The van der Waals surface area contributed by atoms with Crippen molar-refractivity contribution in [1.29, 1.82) is 0 Å². The van der Waals surface area contributed by atoms with Crippen molar-refractivity contribution in [3.8, 4) is 5.75 Å². The maximum atomic E-state index is 12.2. The van der Waals surface area contributed by atoms with E-state index >= 15 is 0 Å². The lowest BCUT2D eigenvalue weighted by Gasteiger charge is -2.24. The van der Waals surface area contributed by atoms with Gasteiger partial charge in [-0.15, -0.1) is 11.8 Å². The van der Waals surface area contributed by atoms with E-state index < -0.39 is 0 Å². The Balaban J connectivity index is 1.90. The highest BCUT2D eigenvalue weighted by molar-refractivity contribution is 8.01. The number of ether oxygens (including phenoxy) is 2. The molecule has 1 amide bonds. The fourth-order valence-electron chi connectivity index (χ4n) is 2.18. The van der Waals surface area contributed by atoms with Crippen LogP contribution in [0.3, 0.4) is 0 Å². The Labute approximate surface area is 129 Å². The van der Waals surface area contributed by atoms with Crippen LogP contribution in [0.1, 0.15) is 19.8 Å². The fraction of sp³-hybridized carbons (Fsp3) is 0.533. The van der Waals surface area contributed by atoms with Crippen LogP contribution in [0.15, 0.2) is 18.2 Å². The molecule has 1 aliphatic rings. The van der Waals surface area contributed by atoms with E-state index in [0.29, 0.717) is 22.4 Å². The van der Waals surface area contributed by atoms with E-state index in [-0.39, 0.29) is 11.2 Å². The molecule has 1 unspecified atom stereocenters. The molecule has 5 nitrogen and oxygen atoms in total. The van der Waals surface area contributed by atoms with Crippen LogP contribution in [-0.2, 0) is 9.53 Å². The first-order valence-corrected chi connectivity index (χ1v) is 8.02. The Morgan fingerprint density at radius 1 is 1.48 bits per heavy atom. The first kappa shape index (κ1) is 16.0. The predicted molar refractivity (Wildman–Crippen MR) is 86.9 cm³/mol. The van der Waals surface area contributed by atoms with E-state index in [9.17, 15) is 4.79 Å². The number of hydrogen-bond donors (Lipinski definition) is 2. The molecule has 1 atom stereocenters. The van der Waals surface area contributed by atoms with Crippen molar-refractivity contribution in [3.63, 3.8) is 0 Å². The third-order valence-electron chi connectivity index (χ3n) is 3.45. The normalized spacial score (nSPS) is 17.2. The van der Waals surface area contributed by atoms with Crippen LogP contribution in [-0.4, -0.2) is 36.7 Å². The summed E-state index contributed by atoms with van der Waals surface area (Å²) in [5, 5.41) is 3.26. The second kappa shape index (κ2) is 7.56. The summed E-state index contributed by atoms with van der Waals surface area (Å²) in [5.74, 6) is 0.651. The number of thioether (sulfide) groups is 1. The minimum atomic E-state index is -0.116. The number of nitrogen functional groups attached to an aromatic ring is 1. The Morgan fingerprint density at radius 2 is 2.19 bits per heavy atom. The lowest BCUT2D eigenvalue weighted by molar-refractivity contribution is -0.115. The molecule has 0 saturated carbocycles. The van der Waals surface area contributed by atoms with Crippen molar-refractivity contribution < 1.29 is 14.3 Å². The minimum Gasteiger partial charge on any atom is -0.497 e. The van der Waals surface area contributed by atoms with E-state index in [4.69, 9.17) is 15.2 Å². The molecule has 0 aromatic heterocycles. The number of carbonyl (C=O) groups is 1. The van der Waals surface area contributed by atoms with Gasteiger partial charge in [0, 0.05) is 24.5 Å².